The van der Waals surface area contributed by atoms with Gasteiger partial charge >= 0.3 is 0 Å². The third kappa shape index (κ3) is 3.36. The molecule has 0 saturated carbocycles. The molecule has 0 spiro atoms. The van der Waals surface area contributed by atoms with E-state index in [2.05, 4.69) is 84.9 Å². The highest BCUT2D eigenvalue weighted by atomic mass is 16.3. The number of benzene rings is 7. The van der Waals surface area contributed by atoms with Crippen molar-refractivity contribution < 1.29 is 10.2 Å². The van der Waals surface area contributed by atoms with Gasteiger partial charge in [0.1, 0.15) is 0 Å². The molecule has 0 aromatic heterocycles. The first-order chi connectivity index (χ1) is 16.8. The smallest absolute Gasteiger partial charge is 0.0693 e. The first kappa shape index (κ1) is 20.6. The quantitative estimate of drug-likeness (QED) is 0.215. The average molecular weight is 441 g/mol. The van der Waals surface area contributed by atoms with Crippen LogP contribution in [0.3, 0.4) is 0 Å². The van der Waals surface area contributed by atoms with E-state index in [4.69, 9.17) is 0 Å². The molecule has 2 heteroatoms. The minimum absolute atomic E-state index is 0.0852. The van der Waals surface area contributed by atoms with Crippen LogP contribution in [-0.4, -0.2) is 10.2 Å². The summed E-state index contributed by atoms with van der Waals surface area (Å²) in [4.78, 5) is 0. The third-order valence-electron chi connectivity index (χ3n) is 6.75. The van der Waals surface area contributed by atoms with Crippen molar-refractivity contribution in [3.8, 4) is 0 Å². The molecule has 0 aliphatic carbocycles. The van der Waals surface area contributed by atoms with Crippen molar-refractivity contribution in [1.82, 2.24) is 0 Å². The average Bonchev–Trinajstić information content (AvgIpc) is 2.90. The summed E-state index contributed by atoms with van der Waals surface area (Å²) in [5.41, 5.74) is 1.99. The van der Waals surface area contributed by atoms with E-state index in [1.54, 1.807) is 0 Å². The summed E-state index contributed by atoms with van der Waals surface area (Å²) in [5, 5.41) is 31.1. The van der Waals surface area contributed by atoms with Crippen LogP contribution in [0.1, 0.15) is 11.1 Å². The van der Waals surface area contributed by atoms with E-state index in [1.165, 1.54) is 43.1 Å². The molecule has 0 radical (unpaired) electrons. The molecule has 0 atom stereocenters. The summed E-state index contributed by atoms with van der Waals surface area (Å²) in [6, 6.07) is 37.7. The fraction of sp³-hybridized carbons (Fsp3) is 0.0625. The lowest BCUT2D eigenvalue weighted by atomic mass is 9.93. The van der Waals surface area contributed by atoms with Crippen molar-refractivity contribution >= 4 is 53.9 Å². The molecule has 34 heavy (non-hydrogen) atoms. The highest BCUT2D eigenvalue weighted by Crippen LogP contribution is 2.35. The van der Waals surface area contributed by atoms with Crippen molar-refractivity contribution in [3.63, 3.8) is 0 Å². The topological polar surface area (TPSA) is 40.5 Å². The van der Waals surface area contributed by atoms with Crippen LogP contribution in [0.25, 0.3) is 53.9 Å². The van der Waals surface area contributed by atoms with E-state index in [0.29, 0.717) is 0 Å². The summed E-state index contributed by atoms with van der Waals surface area (Å²) in [6.45, 7) is 0.179. The Labute approximate surface area is 197 Å². The number of fused-ring (bicyclic) bond motifs is 2. The van der Waals surface area contributed by atoms with Crippen LogP contribution in [0.15, 0.2) is 109 Å². The van der Waals surface area contributed by atoms with Gasteiger partial charge in [0.2, 0.25) is 0 Å². The molecule has 2 N–H and O–H groups in total. The molecule has 0 amide bonds. The maximum absolute atomic E-state index is 9.53. The van der Waals surface area contributed by atoms with Gasteiger partial charge in [-0.25, -0.2) is 0 Å². The van der Waals surface area contributed by atoms with E-state index in [-0.39, 0.29) is 13.2 Å². The molecule has 0 bridgehead atoms. The SMILES string of the molecule is OCc1c2ccccc2cc2ccccc12.OCc1cc2ccc3cccc4ccc(c1)c2c34. The van der Waals surface area contributed by atoms with Gasteiger partial charge in [-0.05, 0) is 83.2 Å². The summed E-state index contributed by atoms with van der Waals surface area (Å²) in [7, 11) is 0. The summed E-state index contributed by atoms with van der Waals surface area (Å²) < 4.78 is 0. The minimum Gasteiger partial charge on any atom is -0.392 e. The Bertz CT molecular complexity index is 1660. The molecule has 0 aliphatic rings. The Kier molecular flexibility index (Phi) is 5.10. The molecule has 7 aromatic rings. The summed E-state index contributed by atoms with van der Waals surface area (Å²) >= 11 is 0. The third-order valence-corrected chi connectivity index (χ3v) is 6.75. The van der Waals surface area contributed by atoms with Gasteiger partial charge in [0.25, 0.3) is 0 Å². The summed E-state index contributed by atoms with van der Waals surface area (Å²) in [5.74, 6) is 0. The van der Waals surface area contributed by atoms with Crippen LogP contribution in [0, 0.1) is 0 Å². The lowest BCUT2D eigenvalue weighted by molar-refractivity contribution is 0.282. The predicted octanol–water partition coefficient (Wildman–Crippen LogP) is 7.56. The van der Waals surface area contributed by atoms with Crippen LogP contribution in [0.5, 0.6) is 0 Å². The second-order valence-corrected chi connectivity index (χ2v) is 8.74. The fourth-order valence-corrected chi connectivity index (χ4v) is 5.19. The molecule has 0 aliphatic heterocycles. The van der Waals surface area contributed by atoms with E-state index in [1.807, 2.05) is 24.3 Å². The number of rotatable bonds is 2. The van der Waals surface area contributed by atoms with E-state index in [0.717, 1.165) is 21.9 Å². The zero-order valence-corrected chi connectivity index (χ0v) is 18.7. The van der Waals surface area contributed by atoms with Crippen LogP contribution in [0.4, 0.5) is 0 Å². The number of aliphatic hydroxyl groups excluding tert-OH is 2. The van der Waals surface area contributed by atoms with Gasteiger partial charge in [0, 0.05) is 0 Å². The van der Waals surface area contributed by atoms with Crippen molar-refractivity contribution in [3.05, 3.63) is 120 Å². The maximum atomic E-state index is 9.53. The van der Waals surface area contributed by atoms with Gasteiger partial charge < -0.3 is 10.2 Å². The van der Waals surface area contributed by atoms with Gasteiger partial charge in [-0.2, -0.15) is 0 Å². The van der Waals surface area contributed by atoms with E-state index < -0.39 is 0 Å². The van der Waals surface area contributed by atoms with Crippen molar-refractivity contribution in [2.75, 3.05) is 0 Å². The first-order valence-electron chi connectivity index (χ1n) is 11.5. The largest absolute Gasteiger partial charge is 0.392 e. The molecule has 0 unspecified atom stereocenters. The molecule has 0 fully saturated rings. The van der Waals surface area contributed by atoms with Crippen LogP contribution in [0.2, 0.25) is 0 Å². The second-order valence-electron chi connectivity index (χ2n) is 8.74. The monoisotopic (exact) mass is 440 g/mol. The zero-order valence-electron chi connectivity index (χ0n) is 18.7. The highest BCUT2D eigenvalue weighted by Gasteiger charge is 2.08. The Morgan fingerprint density at radius 2 is 0.882 bits per heavy atom. The van der Waals surface area contributed by atoms with E-state index in [9.17, 15) is 10.2 Å². The first-order valence-corrected chi connectivity index (χ1v) is 11.5. The van der Waals surface area contributed by atoms with Crippen molar-refractivity contribution in [2.24, 2.45) is 0 Å². The molecule has 7 aromatic carbocycles. The van der Waals surface area contributed by atoms with Gasteiger partial charge in [-0.3, -0.25) is 0 Å². The predicted molar refractivity (Wildman–Crippen MR) is 143 cm³/mol. The minimum atomic E-state index is 0.0852. The van der Waals surface area contributed by atoms with Crippen LogP contribution in [-0.2, 0) is 13.2 Å². The van der Waals surface area contributed by atoms with Gasteiger partial charge in [-0.15, -0.1) is 0 Å². The Hall–Kier alpha value is -3.98. The Morgan fingerprint density at radius 1 is 0.412 bits per heavy atom. The van der Waals surface area contributed by atoms with Crippen LogP contribution >= 0.6 is 0 Å². The van der Waals surface area contributed by atoms with E-state index >= 15 is 0 Å². The lowest BCUT2D eigenvalue weighted by Gasteiger charge is -2.11. The Morgan fingerprint density at radius 3 is 1.41 bits per heavy atom. The maximum Gasteiger partial charge on any atom is 0.0693 e. The lowest BCUT2D eigenvalue weighted by Crippen LogP contribution is -1.88. The summed E-state index contributed by atoms with van der Waals surface area (Å²) in [6.07, 6.45) is 0. The standard InChI is InChI=1S/C17H12O.C15H12O/c18-10-11-8-14-6-4-12-2-1-3-13-5-7-15(9-11)17(14)16(12)13;16-10-15-13-7-3-1-5-11(13)9-12-6-2-4-8-14(12)15/h1-9,18H,10H2;1-9,16H,10H2. The zero-order chi connectivity index (χ0) is 23.1. The number of aliphatic hydroxyl groups is 2. The van der Waals surface area contributed by atoms with Gasteiger partial charge in [0.05, 0.1) is 13.2 Å². The second kappa shape index (κ2) is 8.42. The highest BCUT2D eigenvalue weighted by molar-refractivity contribution is 6.23. The van der Waals surface area contributed by atoms with Crippen molar-refractivity contribution in [1.29, 1.82) is 0 Å². The van der Waals surface area contributed by atoms with Gasteiger partial charge in [0.15, 0.2) is 0 Å². The molecule has 2 nitrogen and oxygen atoms in total. The van der Waals surface area contributed by atoms with Crippen LogP contribution < -0.4 is 0 Å². The molecular weight excluding hydrogens is 416 g/mol. The van der Waals surface area contributed by atoms with Crippen molar-refractivity contribution in [2.45, 2.75) is 13.2 Å². The molecule has 0 heterocycles. The number of hydrogen-bond donors (Lipinski definition) is 2. The molecule has 164 valence electrons. The normalized spacial score (nSPS) is 11.5. The molecule has 0 saturated heterocycles. The Balaban J connectivity index is 0.000000129. The van der Waals surface area contributed by atoms with Gasteiger partial charge in [-0.1, -0.05) is 91.0 Å². The number of hydrogen-bond acceptors (Lipinski definition) is 2. The fourth-order valence-electron chi connectivity index (χ4n) is 5.19. The molecule has 7 rings (SSSR count). The molecular formula is C32H24O2.